The summed E-state index contributed by atoms with van der Waals surface area (Å²) >= 11 is 7.55. The molecule has 0 aliphatic carbocycles. The largest absolute Gasteiger partial charge is 0.294 e. The maximum atomic E-state index is 11.9. The molecule has 2 aromatic carbocycles. The molecule has 0 atom stereocenters. The minimum absolute atomic E-state index is 0.185. The lowest BCUT2D eigenvalue weighted by Gasteiger charge is -2.02. The maximum absolute atomic E-state index is 11.9. The number of carbonyl (C=O) groups is 1. The van der Waals surface area contributed by atoms with Gasteiger partial charge in [-0.25, -0.2) is 0 Å². The molecule has 0 N–H and O–H groups in total. The van der Waals surface area contributed by atoms with Gasteiger partial charge in [-0.05, 0) is 18.2 Å². The van der Waals surface area contributed by atoms with Gasteiger partial charge in [-0.3, -0.25) is 4.79 Å². The van der Waals surface area contributed by atoms with Crippen LogP contribution < -0.4 is 0 Å². The Bertz CT molecular complexity index is 525. The van der Waals surface area contributed by atoms with Crippen LogP contribution in [0.3, 0.4) is 0 Å². The minimum Gasteiger partial charge on any atom is -0.294 e. The molecule has 1 nitrogen and oxygen atoms in total. The smallest absolute Gasteiger partial charge is 0.163 e. The average molecular weight is 277 g/mol. The Kier molecular flexibility index (Phi) is 4.85. The lowest BCUT2D eigenvalue weighted by molar-refractivity contribution is 0.0989. The van der Waals surface area contributed by atoms with E-state index < -0.39 is 0 Å². The Labute approximate surface area is 116 Å². The number of thioether (sulfide) groups is 1. The first-order chi connectivity index (χ1) is 8.75. The van der Waals surface area contributed by atoms with Crippen LogP contribution in [0.2, 0.25) is 5.02 Å². The Morgan fingerprint density at radius 2 is 1.83 bits per heavy atom. The van der Waals surface area contributed by atoms with Gasteiger partial charge in [-0.15, -0.1) is 11.8 Å². The molecule has 0 amide bonds. The number of Topliss-reactive ketones (excluding diaryl/α,β-unsaturated/α-hetero) is 1. The number of hydrogen-bond acceptors (Lipinski definition) is 2. The van der Waals surface area contributed by atoms with Gasteiger partial charge in [0.1, 0.15) is 0 Å². The fraction of sp³-hybridized carbons (Fsp3) is 0.133. The van der Waals surface area contributed by atoms with Crippen molar-refractivity contribution in [3.8, 4) is 0 Å². The van der Waals surface area contributed by atoms with Crippen LogP contribution in [0, 0.1) is 0 Å². The molecule has 0 bridgehead atoms. The number of carbonyl (C=O) groups excluding carboxylic acids is 1. The van der Waals surface area contributed by atoms with E-state index in [2.05, 4.69) is 0 Å². The number of halogens is 1. The Morgan fingerprint density at radius 3 is 2.56 bits per heavy atom. The molecule has 0 aliphatic rings. The molecule has 0 saturated carbocycles. The molecule has 0 radical (unpaired) electrons. The molecule has 3 heteroatoms. The van der Waals surface area contributed by atoms with Gasteiger partial charge < -0.3 is 0 Å². The summed E-state index contributed by atoms with van der Waals surface area (Å²) in [5, 5.41) is 0.731. The van der Waals surface area contributed by atoms with Crippen molar-refractivity contribution in [2.24, 2.45) is 0 Å². The molecule has 2 aromatic rings. The van der Waals surface area contributed by atoms with E-state index in [1.165, 1.54) is 0 Å². The fourth-order valence-corrected chi connectivity index (χ4v) is 2.75. The summed E-state index contributed by atoms with van der Waals surface area (Å²) in [6.45, 7) is 0. The minimum atomic E-state index is 0.185. The molecule has 0 fully saturated rings. The van der Waals surface area contributed by atoms with Crippen molar-refractivity contribution in [2.45, 2.75) is 11.3 Å². The first kappa shape index (κ1) is 13.2. The highest BCUT2D eigenvalue weighted by Gasteiger charge is 2.05. The van der Waals surface area contributed by atoms with Crippen molar-refractivity contribution < 1.29 is 4.79 Å². The van der Waals surface area contributed by atoms with E-state index in [1.807, 2.05) is 54.6 Å². The molecule has 0 saturated heterocycles. The van der Waals surface area contributed by atoms with Crippen molar-refractivity contribution in [3.63, 3.8) is 0 Å². The number of rotatable bonds is 5. The highest BCUT2D eigenvalue weighted by Crippen LogP contribution is 2.22. The Morgan fingerprint density at radius 1 is 1.06 bits per heavy atom. The normalized spacial score (nSPS) is 10.3. The van der Waals surface area contributed by atoms with Crippen LogP contribution in [-0.2, 0) is 0 Å². The van der Waals surface area contributed by atoms with Gasteiger partial charge in [-0.1, -0.05) is 48.0 Å². The fourth-order valence-electron chi connectivity index (χ4n) is 1.59. The van der Waals surface area contributed by atoms with Crippen molar-refractivity contribution in [1.82, 2.24) is 0 Å². The zero-order valence-electron chi connectivity index (χ0n) is 9.80. The third-order valence-electron chi connectivity index (χ3n) is 2.49. The molecular weight excluding hydrogens is 264 g/mol. The van der Waals surface area contributed by atoms with Crippen LogP contribution in [0.1, 0.15) is 16.8 Å². The SMILES string of the molecule is O=C(CCSc1cccc(Cl)c1)c1ccccc1. The predicted octanol–water partition coefficient (Wildman–Crippen LogP) is 4.71. The summed E-state index contributed by atoms with van der Waals surface area (Å²) < 4.78 is 0. The second kappa shape index (κ2) is 6.62. The summed E-state index contributed by atoms with van der Waals surface area (Å²) in [6, 6.07) is 17.1. The second-order valence-corrected chi connectivity index (χ2v) is 5.45. The number of benzene rings is 2. The summed E-state index contributed by atoms with van der Waals surface area (Å²) in [5.41, 5.74) is 0.782. The lowest BCUT2D eigenvalue weighted by Crippen LogP contribution is -1.99. The van der Waals surface area contributed by atoms with E-state index in [4.69, 9.17) is 11.6 Å². The third kappa shape index (κ3) is 3.90. The van der Waals surface area contributed by atoms with Crippen LogP contribution in [0.5, 0.6) is 0 Å². The van der Waals surface area contributed by atoms with Crippen molar-refractivity contribution in [1.29, 1.82) is 0 Å². The van der Waals surface area contributed by atoms with Crippen LogP contribution in [0.25, 0.3) is 0 Å². The second-order valence-electron chi connectivity index (χ2n) is 3.85. The zero-order valence-corrected chi connectivity index (χ0v) is 11.4. The summed E-state index contributed by atoms with van der Waals surface area (Å²) in [6.07, 6.45) is 0.543. The van der Waals surface area contributed by atoms with Crippen molar-refractivity contribution in [2.75, 3.05) is 5.75 Å². The van der Waals surface area contributed by atoms with E-state index >= 15 is 0 Å². The molecule has 0 aromatic heterocycles. The van der Waals surface area contributed by atoms with Gasteiger partial charge in [0.2, 0.25) is 0 Å². The first-order valence-corrected chi connectivity index (χ1v) is 7.09. The van der Waals surface area contributed by atoms with Crippen LogP contribution in [0.4, 0.5) is 0 Å². The van der Waals surface area contributed by atoms with E-state index in [0.29, 0.717) is 6.42 Å². The summed E-state index contributed by atoms with van der Waals surface area (Å²) in [5.74, 6) is 0.957. The highest BCUT2D eigenvalue weighted by atomic mass is 35.5. The maximum Gasteiger partial charge on any atom is 0.163 e. The zero-order chi connectivity index (χ0) is 12.8. The molecular formula is C15H13ClOS. The standard InChI is InChI=1S/C15H13ClOS/c16-13-7-4-8-14(11-13)18-10-9-15(17)12-5-2-1-3-6-12/h1-8,11H,9-10H2. The van der Waals surface area contributed by atoms with Gasteiger partial charge in [0.15, 0.2) is 5.78 Å². The monoisotopic (exact) mass is 276 g/mol. The Balaban J connectivity index is 1.84. The van der Waals surface area contributed by atoms with E-state index in [9.17, 15) is 4.79 Å². The van der Waals surface area contributed by atoms with E-state index in [-0.39, 0.29) is 5.78 Å². The van der Waals surface area contributed by atoms with Gasteiger partial charge >= 0.3 is 0 Å². The molecule has 18 heavy (non-hydrogen) atoms. The van der Waals surface area contributed by atoms with E-state index in [1.54, 1.807) is 11.8 Å². The Hall–Kier alpha value is -1.25. The predicted molar refractivity (Wildman–Crippen MR) is 77.6 cm³/mol. The van der Waals surface area contributed by atoms with Gasteiger partial charge in [0.05, 0.1) is 0 Å². The lowest BCUT2D eigenvalue weighted by atomic mass is 10.1. The molecule has 2 rings (SSSR count). The topological polar surface area (TPSA) is 17.1 Å². The number of ketones is 1. The van der Waals surface area contributed by atoms with Gasteiger partial charge in [-0.2, -0.15) is 0 Å². The molecule has 92 valence electrons. The van der Waals surface area contributed by atoms with Crippen LogP contribution >= 0.6 is 23.4 Å². The first-order valence-electron chi connectivity index (χ1n) is 5.72. The van der Waals surface area contributed by atoms with Gasteiger partial charge in [0, 0.05) is 27.7 Å². The summed E-state index contributed by atoms with van der Waals surface area (Å²) in [4.78, 5) is 13.0. The van der Waals surface area contributed by atoms with Crippen molar-refractivity contribution in [3.05, 3.63) is 65.2 Å². The summed E-state index contributed by atoms with van der Waals surface area (Å²) in [7, 11) is 0. The van der Waals surface area contributed by atoms with Crippen LogP contribution in [0.15, 0.2) is 59.5 Å². The molecule has 0 spiro atoms. The molecule has 0 unspecified atom stereocenters. The van der Waals surface area contributed by atoms with Crippen LogP contribution in [-0.4, -0.2) is 11.5 Å². The quantitative estimate of drug-likeness (QED) is 0.581. The number of hydrogen-bond donors (Lipinski definition) is 0. The van der Waals surface area contributed by atoms with Crippen molar-refractivity contribution >= 4 is 29.1 Å². The average Bonchev–Trinajstić information content (AvgIpc) is 2.40. The molecule has 0 heterocycles. The molecule has 0 aliphatic heterocycles. The van der Waals surface area contributed by atoms with E-state index in [0.717, 1.165) is 21.2 Å². The highest BCUT2D eigenvalue weighted by molar-refractivity contribution is 7.99. The van der Waals surface area contributed by atoms with Gasteiger partial charge in [0.25, 0.3) is 0 Å². The third-order valence-corrected chi connectivity index (χ3v) is 3.72.